The van der Waals surface area contributed by atoms with Crippen LogP contribution in [0.1, 0.15) is 32.6 Å². The third-order valence-electron chi connectivity index (χ3n) is 2.09. The van der Waals surface area contributed by atoms with Gasteiger partial charge in [0.15, 0.2) is 0 Å². The van der Waals surface area contributed by atoms with Crippen LogP contribution in [0.4, 0.5) is 0 Å². The van der Waals surface area contributed by atoms with Gasteiger partial charge in [0, 0.05) is 12.5 Å². The molecule has 1 rings (SSSR count). The summed E-state index contributed by atoms with van der Waals surface area (Å²) >= 11 is 0. The van der Waals surface area contributed by atoms with Crippen molar-refractivity contribution in [2.45, 2.75) is 32.6 Å². The quantitative estimate of drug-likeness (QED) is 0.547. The lowest BCUT2D eigenvalue weighted by atomic mass is 10.2. The van der Waals surface area contributed by atoms with E-state index >= 15 is 0 Å². The molecular formula is C11H14N2O3. The van der Waals surface area contributed by atoms with Gasteiger partial charge in [-0.1, -0.05) is 19.8 Å². The predicted molar refractivity (Wildman–Crippen MR) is 60.8 cm³/mol. The summed E-state index contributed by atoms with van der Waals surface area (Å²) in [4.78, 5) is 29.3. The van der Waals surface area contributed by atoms with Crippen LogP contribution in [0.2, 0.25) is 0 Å². The maximum absolute atomic E-state index is 11.3. The van der Waals surface area contributed by atoms with E-state index < -0.39 is 11.9 Å². The molecule has 1 aliphatic heterocycles. The minimum atomic E-state index is -1.10. The number of carboxylic acid groups (broad SMARTS) is 1. The fourth-order valence-electron chi connectivity index (χ4n) is 1.29. The van der Waals surface area contributed by atoms with Crippen molar-refractivity contribution >= 4 is 23.4 Å². The molecule has 16 heavy (non-hydrogen) atoms. The van der Waals surface area contributed by atoms with Crippen molar-refractivity contribution in [3.8, 4) is 0 Å². The Balaban J connectivity index is 2.54. The predicted octanol–water partition coefficient (Wildman–Crippen LogP) is 1.59. The maximum Gasteiger partial charge on any atom is 0.328 e. The normalized spacial score (nSPS) is 15.4. The molecule has 0 fully saturated rings. The molecule has 5 heteroatoms. The molecule has 0 bridgehead atoms. The fourth-order valence-corrected chi connectivity index (χ4v) is 1.29. The van der Waals surface area contributed by atoms with E-state index in [1.165, 1.54) is 6.08 Å². The SMILES string of the molecule is CCCCCC1=NC(=O)C(C=CC(=O)O)=N1. The number of aliphatic imine (C=N–C) groups is 2. The molecule has 0 radical (unpaired) electrons. The summed E-state index contributed by atoms with van der Waals surface area (Å²) in [6, 6.07) is 0. The van der Waals surface area contributed by atoms with Crippen LogP contribution >= 0.6 is 0 Å². The molecular weight excluding hydrogens is 208 g/mol. The zero-order valence-corrected chi connectivity index (χ0v) is 9.14. The smallest absolute Gasteiger partial charge is 0.328 e. The summed E-state index contributed by atoms with van der Waals surface area (Å²) in [7, 11) is 0. The summed E-state index contributed by atoms with van der Waals surface area (Å²) in [5, 5.41) is 8.41. The Labute approximate surface area is 93.6 Å². The van der Waals surface area contributed by atoms with E-state index in [0.717, 1.165) is 25.3 Å². The van der Waals surface area contributed by atoms with Gasteiger partial charge in [-0.2, -0.15) is 4.99 Å². The second-order valence-electron chi connectivity index (χ2n) is 3.46. The number of aliphatic carboxylic acids is 1. The molecule has 86 valence electrons. The van der Waals surface area contributed by atoms with Crippen molar-refractivity contribution in [3.05, 3.63) is 12.2 Å². The van der Waals surface area contributed by atoms with Crippen LogP contribution in [0.5, 0.6) is 0 Å². The molecule has 0 aliphatic carbocycles. The summed E-state index contributed by atoms with van der Waals surface area (Å²) in [5.74, 6) is -1.05. The number of amidine groups is 1. The third kappa shape index (κ3) is 3.76. The molecule has 0 saturated carbocycles. The first-order valence-electron chi connectivity index (χ1n) is 5.25. The van der Waals surface area contributed by atoms with Crippen LogP contribution in [0.3, 0.4) is 0 Å². The van der Waals surface area contributed by atoms with E-state index in [1.807, 2.05) is 0 Å². The number of hydrogen-bond acceptors (Lipinski definition) is 3. The van der Waals surface area contributed by atoms with Crippen molar-refractivity contribution in [2.75, 3.05) is 0 Å². The average Bonchev–Trinajstić information content (AvgIpc) is 2.57. The zero-order chi connectivity index (χ0) is 12.0. The maximum atomic E-state index is 11.3. The number of rotatable bonds is 6. The highest BCUT2D eigenvalue weighted by Crippen LogP contribution is 2.08. The largest absolute Gasteiger partial charge is 0.478 e. The van der Waals surface area contributed by atoms with Gasteiger partial charge >= 0.3 is 5.97 Å². The summed E-state index contributed by atoms with van der Waals surface area (Å²) < 4.78 is 0. The second kappa shape index (κ2) is 5.95. The fraction of sp³-hybridized carbons (Fsp3) is 0.455. The number of amides is 1. The Bertz CT molecular complexity index is 381. The number of carbonyl (C=O) groups is 2. The van der Waals surface area contributed by atoms with Crippen LogP contribution in [0.25, 0.3) is 0 Å². The molecule has 1 heterocycles. The lowest BCUT2D eigenvalue weighted by molar-refractivity contribution is -0.131. The van der Waals surface area contributed by atoms with E-state index in [9.17, 15) is 9.59 Å². The highest BCUT2D eigenvalue weighted by atomic mass is 16.4. The van der Waals surface area contributed by atoms with Crippen molar-refractivity contribution in [1.82, 2.24) is 0 Å². The topological polar surface area (TPSA) is 79.1 Å². The van der Waals surface area contributed by atoms with Gasteiger partial charge in [-0.05, 0) is 12.5 Å². The summed E-state index contributed by atoms with van der Waals surface area (Å²) in [6.45, 7) is 2.09. The Kier molecular flexibility index (Phi) is 4.57. The Morgan fingerprint density at radius 1 is 1.38 bits per heavy atom. The van der Waals surface area contributed by atoms with Crippen molar-refractivity contribution in [3.63, 3.8) is 0 Å². The van der Waals surface area contributed by atoms with E-state index in [4.69, 9.17) is 5.11 Å². The molecule has 1 aliphatic rings. The first kappa shape index (κ1) is 12.3. The molecule has 0 aromatic carbocycles. The van der Waals surface area contributed by atoms with Gasteiger partial charge in [-0.25, -0.2) is 9.79 Å². The van der Waals surface area contributed by atoms with Gasteiger partial charge in [0.05, 0.1) is 0 Å². The van der Waals surface area contributed by atoms with Crippen LogP contribution in [-0.2, 0) is 9.59 Å². The highest BCUT2D eigenvalue weighted by Gasteiger charge is 2.16. The lowest BCUT2D eigenvalue weighted by Crippen LogP contribution is -2.04. The van der Waals surface area contributed by atoms with E-state index in [1.54, 1.807) is 0 Å². The minimum Gasteiger partial charge on any atom is -0.478 e. The molecule has 0 aromatic heterocycles. The Morgan fingerprint density at radius 2 is 2.12 bits per heavy atom. The second-order valence-corrected chi connectivity index (χ2v) is 3.46. The van der Waals surface area contributed by atoms with E-state index in [0.29, 0.717) is 12.3 Å². The summed E-state index contributed by atoms with van der Waals surface area (Å²) in [6.07, 6.45) is 5.86. The Hall–Kier alpha value is -1.78. The number of unbranched alkanes of at least 4 members (excludes halogenated alkanes) is 2. The van der Waals surface area contributed by atoms with Gasteiger partial charge in [0.2, 0.25) is 0 Å². The average molecular weight is 222 g/mol. The standard InChI is InChI=1S/C11H14N2O3/c1-2-3-4-5-9-12-8(11(16)13-9)6-7-10(14)15/h6-7H,2-5H2,1H3,(H,14,15). The first-order chi connectivity index (χ1) is 7.63. The summed E-state index contributed by atoms with van der Waals surface area (Å²) in [5.41, 5.74) is 0.105. The van der Waals surface area contributed by atoms with Crippen LogP contribution in [0.15, 0.2) is 22.1 Å². The van der Waals surface area contributed by atoms with Gasteiger partial charge < -0.3 is 5.11 Å². The van der Waals surface area contributed by atoms with Crippen LogP contribution < -0.4 is 0 Å². The van der Waals surface area contributed by atoms with Crippen LogP contribution in [-0.4, -0.2) is 28.5 Å². The highest BCUT2D eigenvalue weighted by molar-refractivity contribution is 6.49. The van der Waals surface area contributed by atoms with Crippen molar-refractivity contribution in [2.24, 2.45) is 9.98 Å². The molecule has 1 N–H and O–H groups in total. The van der Waals surface area contributed by atoms with E-state index in [-0.39, 0.29) is 5.71 Å². The molecule has 5 nitrogen and oxygen atoms in total. The molecule has 0 unspecified atom stereocenters. The molecule has 0 saturated heterocycles. The van der Waals surface area contributed by atoms with Crippen LogP contribution in [0, 0.1) is 0 Å². The van der Waals surface area contributed by atoms with Crippen molar-refractivity contribution in [1.29, 1.82) is 0 Å². The third-order valence-corrected chi connectivity index (χ3v) is 2.09. The van der Waals surface area contributed by atoms with E-state index in [2.05, 4.69) is 16.9 Å². The molecule has 0 aromatic rings. The lowest BCUT2D eigenvalue weighted by Gasteiger charge is -1.94. The van der Waals surface area contributed by atoms with Gasteiger partial charge in [-0.15, -0.1) is 0 Å². The molecule has 1 amide bonds. The Morgan fingerprint density at radius 3 is 2.75 bits per heavy atom. The van der Waals surface area contributed by atoms with Crippen molar-refractivity contribution < 1.29 is 14.7 Å². The zero-order valence-electron chi connectivity index (χ0n) is 9.14. The molecule has 0 atom stereocenters. The first-order valence-corrected chi connectivity index (χ1v) is 5.25. The van der Waals surface area contributed by atoms with Gasteiger partial charge in [0.1, 0.15) is 11.5 Å². The minimum absolute atomic E-state index is 0.105. The number of nitrogens with zero attached hydrogens (tertiary/aromatic N) is 2. The van der Waals surface area contributed by atoms with Gasteiger partial charge in [-0.3, -0.25) is 4.79 Å². The number of carboxylic acids is 1. The molecule has 0 spiro atoms. The van der Waals surface area contributed by atoms with Gasteiger partial charge in [0.25, 0.3) is 5.91 Å². The monoisotopic (exact) mass is 222 g/mol. The number of hydrogen-bond donors (Lipinski definition) is 1. The number of carbonyl (C=O) groups excluding carboxylic acids is 1.